The summed E-state index contributed by atoms with van der Waals surface area (Å²) < 4.78 is 8.34. The first-order chi connectivity index (χ1) is 15.5. The zero-order chi connectivity index (χ0) is 24.5. The van der Waals surface area contributed by atoms with Gasteiger partial charge in [-0.3, -0.25) is 14.3 Å². The van der Waals surface area contributed by atoms with E-state index in [2.05, 4.69) is 41.6 Å². The average Bonchev–Trinajstić information content (AvgIpc) is 2.70. The van der Waals surface area contributed by atoms with Crippen molar-refractivity contribution in [3.8, 4) is 0 Å². The number of rotatable bonds is 5. The van der Waals surface area contributed by atoms with Crippen LogP contribution in [0.5, 0.6) is 0 Å². The van der Waals surface area contributed by atoms with Crippen LogP contribution >= 0.6 is 15.9 Å². The van der Waals surface area contributed by atoms with Crippen molar-refractivity contribution in [1.29, 1.82) is 0 Å². The normalized spacial score (nSPS) is 20.8. The number of halogens is 1. The molecule has 8 heteroatoms. The summed E-state index contributed by atoms with van der Waals surface area (Å²) in [7, 11) is 0. The Hall–Kier alpha value is -1.93. The molecule has 0 N–H and O–H groups in total. The molecule has 1 aromatic carbocycles. The minimum absolute atomic E-state index is 0.00128. The molecule has 1 aromatic heterocycles. The van der Waals surface area contributed by atoms with Crippen LogP contribution in [0.2, 0.25) is 0 Å². The van der Waals surface area contributed by atoms with Gasteiger partial charge >= 0.3 is 6.09 Å². The SMILES string of the molecule is CCC[C@H](c1nc2ccc(Br)cc2c(=O)n1CC)N1C[C@@H](C)N(C(=O)OC(C)(C)C)[C@@H](C)C1. The third kappa shape index (κ3) is 5.60. The van der Waals surface area contributed by atoms with Gasteiger partial charge in [-0.2, -0.15) is 0 Å². The van der Waals surface area contributed by atoms with Gasteiger partial charge in [0.15, 0.2) is 0 Å². The number of carbonyl (C=O) groups excluding carboxylic acids is 1. The summed E-state index contributed by atoms with van der Waals surface area (Å²) in [6.45, 7) is 15.9. The highest BCUT2D eigenvalue weighted by atomic mass is 79.9. The lowest BCUT2D eigenvalue weighted by atomic mass is 10.0. The maximum Gasteiger partial charge on any atom is 0.410 e. The summed E-state index contributed by atoms with van der Waals surface area (Å²) in [5.74, 6) is 0.810. The maximum atomic E-state index is 13.3. The molecule has 33 heavy (non-hydrogen) atoms. The average molecular weight is 522 g/mol. The van der Waals surface area contributed by atoms with E-state index in [0.29, 0.717) is 25.0 Å². The smallest absolute Gasteiger partial charge is 0.410 e. The number of hydrogen-bond acceptors (Lipinski definition) is 5. The van der Waals surface area contributed by atoms with Gasteiger partial charge in [0.25, 0.3) is 5.56 Å². The Balaban J connectivity index is 1.97. The fourth-order valence-corrected chi connectivity index (χ4v) is 5.17. The molecule has 1 aliphatic heterocycles. The molecule has 3 atom stereocenters. The predicted molar refractivity (Wildman–Crippen MR) is 136 cm³/mol. The van der Waals surface area contributed by atoms with Crippen LogP contribution in [0.3, 0.4) is 0 Å². The van der Waals surface area contributed by atoms with Crippen molar-refractivity contribution in [2.75, 3.05) is 13.1 Å². The second-order valence-corrected chi connectivity index (χ2v) is 10.9. The van der Waals surface area contributed by atoms with Gasteiger partial charge in [-0.15, -0.1) is 0 Å². The molecule has 1 fully saturated rings. The van der Waals surface area contributed by atoms with Crippen molar-refractivity contribution in [3.63, 3.8) is 0 Å². The molecule has 0 radical (unpaired) electrons. The van der Waals surface area contributed by atoms with Crippen molar-refractivity contribution in [2.45, 2.75) is 91.6 Å². The predicted octanol–water partition coefficient (Wildman–Crippen LogP) is 5.35. The summed E-state index contributed by atoms with van der Waals surface area (Å²) in [6, 6.07) is 5.65. The number of aromatic nitrogens is 2. The Bertz CT molecular complexity index is 1050. The number of fused-ring (bicyclic) bond motifs is 1. The lowest BCUT2D eigenvalue weighted by Gasteiger charge is -2.47. The first-order valence-corrected chi connectivity index (χ1v) is 12.7. The van der Waals surface area contributed by atoms with Crippen molar-refractivity contribution in [3.05, 3.63) is 38.9 Å². The van der Waals surface area contributed by atoms with E-state index in [-0.39, 0.29) is 29.8 Å². The van der Waals surface area contributed by atoms with E-state index in [0.717, 1.165) is 28.7 Å². The molecule has 0 spiro atoms. The molecule has 182 valence electrons. The summed E-state index contributed by atoms with van der Waals surface area (Å²) >= 11 is 3.47. The quantitative estimate of drug-likeness (QED) is 0.531. The molecule has 1 aliphatic rings. The number of carbonyl (C=O) groups is 1. The Morgan fingerprint density at radius 1 is 1.21 bits per heavy atom. The van der Waals surface area contributed by atoms with Gasteiger partial charge in [0.05, 0.1) is 16.9 Å². The lowest BCUT2D eigenvalue weighted by molar-refractivity contribution is -0.0247. The van der Waals surface area contributed by atoms with Gasteiger partial charge < -0.3 is 9.64 Å². The molecule has 1 amide bonds. The number of ether oxygens (including phenoxy) is 1. The van der Waals surface area contributed by atoms with Crippen LogP contribution in [-0.2, 0) is 11.3 Å². The molecule has 0 aliphatic carbocycles. The third-order valence-corrected chi connectivity index (χ3v) is 6.61. The fraction of sp³-hybridized carbons (Fsp3) is 0.640. The van der Waals surface area contributed by atoms with E-state index in [4.69, 9.17) is 9.72 Å². The van der Waals surface area contributed by atoms with Crippen LogP contribution in [0.4, 0.5) is 4.79 Å². The van der Waals surface area contributed by atoms with Gasteiger partial charge in [0, 0.05) is 36.2 Å². The number of amides is 1. The molecule has 7 nitrogen and oxygen atoms in total. The van der Waals surface area contributed by atoms with Crippen LogP contribution in [0, 0.1) is 0 Å². The van der Waals surface area contributed by atoms with Crippen LogP contribution in [0.1, 0.15) is 73.2 Å². The first kappa shape index (κ1) is 25.7. The highest BCUT2D eigenvalue weighted by Gasteiger charge is 2.38. The first-order valence-electron chi connectivity index (χ1n) is 11.9. The van der Waals surface area contributed by atoms with Crippen LogP contribution in [0.25, 0.3) is 10.9 Å². The molecule has 0 bridgehead atoms. The standard InChI is InChI=1S/C25H37BrN4O3/c1-8-10-21(22-27-20-12-11-18(26)13-19(20)23(31)29(22)9-2)28-14-16(3)30(17(4)15-28)24(32)33-25(5,6)7/h11-13,16-17,21H,8-10,14-15H2,1-7H3/t16-,17+,21-/m1/s1. The summed E-state index contributed by atoms with van der Waals surface area (Å²) in [5, 5.41) is 0.627. The third-order valence-electron chi connectivity index (χ3n) is 6.11. The highest BCUT2D eigenvalue weighted by molar-refractivity contribution is 9.10. The topological polar surface area (TPSA) is 67.7 Å². The van der Waals surface area contributed by atoms with E-state index in [1.807, 2.05) is 55.4 Å². The van der Waals surface area contributed by atoms with E-state index >= 15 is 0 Å². The van der Waals surface area contributed by atoms with Crippen molar-refractivity contribution in [2.24, 2.45) is 0 Å². The number of piperazine rings is 1. The van der Waals surface area contributed by atoms with Crippen molar-refractivity contribution >= 4 is 32.9 Å². The monoisotopic (exact) mass is 520 g/mol. The Kier molecular flexibility index (Phi) is 7.89. The minimum Gasteiger partial charge on any atom is -0.444 e. The minimum atomic E-state index is -0.528. The van der Waals surface area contributed by atoms with E-state index in [1.54, 1.807) is 0 Å². The van der Waals surface area contributed by atoms with Crippen LogP contribution < -0.4 is 5.56 Å². The maximum absolute atomic E-state index is 13.3. The van der Waals surface area contributed by atoms with Gasteiger partial charge in [-0.25, -0.2) is 9.78 Å². The lowest BCUT2D eigenvalue weighted by Crippen LogP contribution is -2.60. The Morgan fingerprint density at radius 3 is 2.39 bits per heavy atom. The molecular weight excluding hydrogens is 484 g/mol. The van der Waals surface area contributed by atoms with E-state index < -0.39 is 5.60 Å². The molecule has 0 unspecified atom stereocenters. The van der Waals surface area contributed by atoms with Crippen molar-refractivity contribution in [1.82, 2.24) is 19.4 Å². The van der Waals surface area contributed by atoms with Crippen molar-refractivity contribution < 1.29 is 9.53 Å². The van der Waals surface area contributed by atoms with Crippen LogP contribution in [0.15, 0.2) is 27.5 Å². The number of benzene rings is 1. The molecule has 0 saturated carbocycles. The molecule has 1 saturated heterocycles. The van der Waals surface area contributed by atoms with Gasteiger partial charge in [-0.1, -0.05) is 29.3 Å². The van der Waals surface area contributed by atoms with Gasteiger partial charge in [-0.05, 0) is 66.2 Å². The molecule has 2 heterocycles. The fourth-order valence-electron chi connectivity index (χ4n) is 4.81. The number of nitrogens with zero attached hydrogens (tertiary/aromatic N) is 4. The summed E-state index contributed by atoms with van der Waals surface area (Å²) in [5.41, 5.74) is 0.186. The van der Waals surface area contributed by atoms with Gasteiger partial charge in [0.1, 0.15) is 11.4 Å². The zero-order valence-corrected chi connectivity index (χ0v) is 22.5. The van der Waals surface area contributed by atoms with E-state index in [9.17, 15) is 9.59 Å². The Labute approximate surface area is 205 Å². The zero-order valence-electron chi connectivity index (χ0n) is 20.9. The summed E-state index contributed by atoms with van der Waals surface area (Å²) in [4.78, 5) is 35.4. The molecule has 2 aromatic rings. The largest absolute Gasteiger partial charge is 0.444 e. The number of hydrogen-bond donors (Lipinski definition) is 0. The Morgan fingerprint density at radius 2 is 1.85 bits per heavy atom. The summed E-state index contributed by atoms with van der Waals surface area (Å²) in [6.07, 6.45) is 1.59. The second-order valence-electron chi connectivity index (χ2n) is 10.0. The molecular formula is C25H37BrN4O3. The van der Waals surface area contributed by atoms with Crippen LogP contribution in [-0.4, -0.2) is 56.2 Å². The van der Waals surface area contributed by atoms with Gasteiger partial charge in [0.2, 0.25) is 0 Å². The molecule has 3 rings (SSSR count). The van der Waals surface area contributed by atoms with E-state index in [1.165, 1.54) is 0 Å². The second kappa shape index (κ2) is 10.1. The highest BCUT2D eigenvalue weighted by Crippen LogP contribution is 2.30.